The second kappa shape index (κ2) is 9.06. The highest BCUT2D eigenvalue weighted by molar-refractivity contribution is 5.97. The van der Waals surface area contributed by atoms with Gasteiger partial charge >= 0.3 is 6.09 Å². The fraction of sp³-hybridized carbons (Fsp3) is 0.179. The highest BCUT2D eigenvalue weighted by Crippen LogP contribution is 2.30. The van der Waals surface area contributed by atoms with E-state index in [0.717, 1.165) is 27.6 Å². The van der Waals surface area contributed by atoms with Crippen LogP contribution >= 0.6 is 0 Å². The van der Waals surface area contributed by atoms with Gasteiger partial charge in [-0.25, -0.2) is 14.1 Å². The number of carbonyl (C=O) groups excluding carboxylic acids is 2. The van der Waals surface area contributed by atoms with Gasteiger partial charge in [0.05, 0.1) is 17.5 Å². The lowest BCUT2D eigenvalue weighted by Gasteiger charge is -2.23. The minimum atomic E-state index is -0.598. The van der Waals surface area contributed by atoms with Crippen LogP contribution in [0.5, 0.6) is 0 Å². The van der Waals surface area contributed by atoms with Gasteiger partial charge in [-0.15, -0.1) is 0 Å². The summed E-state index contributed by atoms with van der Waals surface area (Å²) in [6, 6.07) is 23.3. The van der Waals surface area contributed by atoms with E-state index in [1.54, 1.807) is 19.2 Å². The number of amides is 2. The number of cyclic esters (lactones) is 1. The molecule has 1 saturated heterocycles. The van der Waals surface area contributed by atoms with Gasteiger partial charge in [-0.2, -0.15) is 0 Å². The summed E-state index contributed by atoms with van der Waals surface area (Å²) in [5, 5.41) is 0.725. The zero-order valence-corrected chi connectivity index (χ0v) is 18.6. The number of imide groups is 1. The van der Waals surface area contributed by atoms with Crippen molar-refractivity contribution < 1.29 is 18.7 Å². The Balaban J connectivity index is 1.38. The van der Waals surface area contributed by atoms with Crippen LogP contribution < -0.4 is 0 Å². The zero-order chi connectivity index (χ0) is 23.7. The predicted octanol–water partition coefficient (Wildman–Crippen LogP) is 5.73. The van der Waals surface area contributed by atoms with E-state index < -0.39 is 12.0 Å². The summed E-state index contributed by atoms with van der Waals surface area (Å²) in [5.74, 6) is -1.13. The van der Waals surface area contributed by atoms with E-state index in [0.29, 0.717) is 11.9 Å². The number of fused-ring (bicyclic) bond motifs is 1. The number of pyridine rings is 1. The number of rotatable bonds is 5. The van der Waals surface area contributed by atoms with E-state index in [-0.39, 0.29) is 24.4 Å². The van der Waals surface area contributed by atoms with Crippen LogP contribution in [-0.4, -0.2) is 34.5 Å². The van der Waals surface area contributed by atoms with Crippen molar-refractivity contribution >= 4 is 22.9 Å². The Morgan fingerprint density at radius 1 is 1.09 bits per heavy atom. The molecule has 5 nitrogen and oxygen atoms in total. The third kappa shape index (κ3) is 4.15. The molecule has 2 amide bonds. The normalized spacial score (nSPS) is 16.5. The molecular formula is C28H23FN2O3. The molecule has 2 atom stereocenters. The van der Waals surface area contributed by atoms with Crippen LogP contribution in [0.4, 0.5) is 9.18 Å². The van der Waals surface area contributed by atoms with Crippen molar-refractivity contribution in [3.05, 3.63) is 102 Å². The number of nitrogens with zero attached hydrogens (tertiary/aromatic N) is 2. The topological polar surface area (TPSA) is 59.5 Å². The first kappa shape index (κ1) is 21.8. The molecule has 1 aliphatic heterocycles. The van der Waals surface area contributed by atoms with Gasteiger partial charge in [0, 0.05) is 11.6 Å². The lowest BCUT2D eigenvalue weighted by molar-refractivity contribution is -0.130. The van der Waals surface area contributed by atoms with Gasteiger partial charge in [0.15, 0.2) is 0 Å². The molecule has 0 unspecified atom stereocenters. The van der Waals surface area contributed by atoms with Gasteiger partial charge in [0.1, 0.15) is 12.4 Å². The summed E-state index contributed by atoms with van der Waals surface area (Å²) >= 11 is 0. The molecule has 4 aromatic rings. The molecule has 0 aliphatic carbocycles. The van der Waals surface area contributed by atoms with Crippen LogP contribution in [0.1, 0.15) is 24.0 Å². The summed E-state index contributed by atoms with van der Waals surface area (Å²) < 4.78 is 19.0. The Bertz CT molecular complexity index is 1360. The standard InChI is InChI=1S/C28H23FN2O3/c1-18(27(32)31-23(17-34-28(31)33)15-19-5-3-2-4-6-19)20-7-9-21(10-8-20)24-13-14-30-26-12-11-22(29)16-25(24)26/h2-14,16,18,23H,15,17H2,1H3/t18-,23-/m1/s1. The van der Waals surface area contributed by atoms with Crippen molar-refractivity contribution in [3.63, 3.8) is 0 Å². The van der Waals surface area contributed by atoms with E-state index in [4.69, 9.17) is 4.74 Å². The Labute approximate surface area is 196 Å². The Morgan fingerprint density at radius 2 is 1.85 bits per heavy atom. The summed E-state index contributed by atoms with van der Waals surface area (Å²) in [6.45, 7) is 1.98. The summed E-state index contributed by atoms with van der Waals surface area (Å²) in [5.41, 5.74) is 4.30. The third-order valence-corrected chi connectivity index (χ3v) is 6.31. The Kier molecular flexibility index (Phi) is 5.80. The number of halogens is 1. The largest absolute Gasteiger partial charge is 0.447 e. The Hall–Kier alpha value is -4.06. The molecule has 170 valence electrons. The molecule has 2 heterocycles. The van der Waals surface area contributed by atoms with Crippen molar-refractivity contribution in [2.45, 2.75) is 25.3 Å². The van der Waals surface area contributed by atoms with Crippen molar-refractivity contribution in [1.82, 2.24) is 9.88 Å². The molecule has 0 bridgehead atoms. The average molecular weight is 455 g/mol. The number of benzene rings is 3. The van der Waals surface area contributed by atoms with Crippen molar-refractivity contribution in [2.75, 3.05) is 6.61 Å². The average Bonchev–Trinajstić information content (AvgIpc) is 3.23. The number of ether oxygens (including phenoxy) is 1. The lowest BCUT2D eigenvalue weighted by atomic mass is 9.94. The van der Waals surface area contributed by atoms with Crippen molar-refractivity contribution in [1.29, 1.82) is 0 Å². The van der Waals surface area contributed by atoms with Crippen LogP contribution in [0.2, 0.25) is 0 Å². The second-order valence-electron chi connectivity index (χ2n) is 8.49. The van der Waals surface area contributed by atoms with Crippen LogP contribution in [0.3, 0.4) is 0 Å². The first-order chi connectivity index (χ1) is 16.5. The highest BCUT2D eigenvalue weighted by Gasteiger charge is 2.40. The fourth-order valence-electron chi connectivity index (χ4n) is 4.44. The summed E-state index contributed by atoms with van der Waals surface area (Å²) in [4.78, 5) is 31.2. The monoisotopic (exact) mass is 454 g/mol. The molecule has 1 aromatic heterocycles. The van der Waals surface area contributed by atoms with E-state index in [2.05, 4.69) is 4.98 Å². The maximum Gasteiger partial charge on any atom is 0.417 e. The Morgan fingerprint density at radius 3 is 2.62 bits per heavy atom. The van der Waals surface area contributed by atoms with E-state index in [1.807, 2.05) is 60.7 Å². The number of hydrogen-bond donors (Lipinski definition) is 0. The maximum atomic E-state index is 13.8. The van der Waals surface area contributed by atoms with Gasteiger partial charge in [-0.1, -0.05) is 54.6 Å². The quantitative estimate of drug-likeness (QED) is 0.386. The van der Waals surface area contributed by atoms with Crippen LogP contribution in [0.15, 0.2) is 85.1 Å². The van der Waals surface area contributed by atoms with Crippen molar-refractivity contribution in [3.8, 4) is 11.1 Å². The van der Waals surface area contributed by atoms with Gasteiger partial charge in [0.2, 0.25) is 5.91 Å². The smallest absolute Gasteiger partial charge is 0.417 e. The zero-order valence-electron chi connectivity index (χ0n) is 18.6. The van der Waals surface area contributed by atoms with Crippen LogP contribution in [0, 0.1) is 5.82 Å². The van der Waals surface area contributed by atoms with E-state index in [1.165, 1.54) is 17.0 Å². The molecule has 1 fully saturated rings. The SMILES string of the molecule is C[C@@H](C(=O)N1C(=O)OC[C@H]1Cc1ccccc1)c1ccc(-c2ccnc3ccc(F)cc23)cc1. The van der Waals surface area contributed by atoms with Gasteiger partial charge in [0.25, 0.3) is 0 Å². The number of hydrogen-bond acceptors (Lipinski definition) is 4. The first-order valence-electron chi connectivity index (χ1n) is 11.2. The van der Waals surface area contributed by atoms with E-state index in [9.17, 15) is 14.0 Å². The van der Waals surface area contributed by atoms with Gasteiger partial charge in [-0.3, -0.25) is 9.78 Å². The minimum Gasteiger partial charge on any atom is -0.447 e. The number of aromatic nitrogens is 1. The molecule has 34 heavy (non-hydrogen) atoms. The fourth-order valence-corrected chi connectivity index (χ4v) is 4.44. The highest BCUT2D eigenvalue weighted by atomic mass is 19.1. The second-order valence-corrected chi connectivity index (χ2v) is 8.49. The van der Waals surface area contributed by atoms with Gasteiger partial charge < -0.3 is 4.74 Å². The molecular weight excluding hydrogens is 431 g/mol. The number of carbonyl (C=O) groups is 2. The molecule has 0 spiro atoms. The molecule has 0 radical (unpaired) electrons. The summed E-state index contributed by atoms with van der Waals surface area (Å²) in [7, 11) is 0. The molecule has 6 heteroatoms. The molecule has 0 saturated carbocycles. The molecule has 5 rings (SSSR count). The van der Waals surface area contributed by atoms with Gasteiger partial charge in [-0.05, 0) is 59.9 Å². The molecule has 0 N–H and O–H groups in total. The molecule has 3 aromatic carbocycles. The molecule has 1 aliphatic rings. The third-order valence-electron chi connectivity index (χ3n) is 6.31. The van der Waals surface area contributed by atoms with Crippen molar-refractivity contribution in [2.24, 2.45) is 0 Å². The lowest BCUT2D eigenvalue weighted by Crippen LogP contribution is -2.42. The first-order valence-corrected chi connectivity index (χ1v) is 11.2. The summed E-state index contributed by atoms with van der Waals surface area (Å²) in [6.07, 6.45) is 1.65. The van der Waals surface area contributed by atoms with E-state index >= 15 is 0 Å². The predicted molar refractivity (Wildman–Crippen MR) is 128 cm³/mol. The van der Waals surface area contributed by atoms with Crippen LogP contribution in [-0.2, 0) is 16.0 Å². The minimum absolute atomic E-state index is 0.191. The maximum absolute atomic E-state index is 13.8. The van der Waals surface area contributed by atoms with Crippen LogP contribution in [0.25, 0.3) is 22.0 Å².